The van der Waals surface area contributed by atoms with Crippen molar-refractivity contribution < 1.29 is 19.4 Å². The average molecular weight is 511 g/mol. The summed E-state index contributed by atoms with van der Waals surface area (Å²) in [4.78, 5) is 29.0. The summed E-state index contributed by atoms with van der Waals surface area (Å²) in [5, 5.41) is 9.69. The quantitative estimate of drug-likeness (QED) is 0.598. The number of nitrogens with zero attached hydrogens (tertiary/aromatic N) is 2. The Hall–Kier alpha value is -2.57. The second-order valence-electron chi connectivity index (χ2n) is 11.4. The molecule has 36 heavy (non-hydrogen) atoms. The van der Waals surface area contributed by atoms with Crippen LogP contribution in [0, 0.1) is 5.41 Å². The number of piperidine rings is 2. The number of carbonyl (C=O) groups excluding carboxylic acids is 1. The van der Waals surface area contributed by atoms with E-state index in [4.69, 9.17) is 16.3 Å². The van der Waals surface area contributed by atoms with Gasteiger partial charge < -0.3 is 14.7 Å². The van der Waals surface area contributed by atoms with Crippen molar-refractivity contribution >= 4 is 23.5 Å². The van der Waals surface area contributed by atoms with E-state index in [1.54, 1.807) is 18.2 Å². The number of carboxylic acid groups (broad SMARTS) is 1. The van der Waals surface area contributed by atoms with E-state index in [0.29, 0.717) is 29.2 Å². The average Bonchev–Trinajstić information content (AvgIpc) is 3.15. The standard InChI is InChI=1S/C29H35ClN2O4/c1-28(2)18-20-4-3-5-21(26(20)36-28)19-31-12-8-29(9-13-31)10-14-32(15-11-29)27(35)24-7-6-23(30)16-22(24)17-25(33)34/h3-7,16H,8-15,17-19H2,1-2H3,(H,33,34). The van der Waals surface area contributed by atoms with Crippen LogP contribution in [0.15, 0.2) is 36.4 Å². The fourth-order valence-corrected chi connectivity index (χ4v) is 6.36. The molecule has 5 rings (SSSR count). The molecule has 3 aliphatic rings. The van der Waals surface area contributed by atoms with Crippen LogP contribution in [0.25, 0.3) is 0 Å². The number of hydrogen-bond donors (Lipinski definition) is 1. The van der Waals surface area contributed by atoms with Crippen molar-refractivity contribution in [3.8, 4) is 5.75 Å². The van der Waals surface area contributed by atoms with Crippen molar-refractivity contribution in [1.29, 1.82) is 0 Å². The molecule has 0 aliphatic carbocycles. The minimum Gasteiger partial charge on any atom is -0.487 e. The van der Waals surface area contributed by atoms with E-state index in [1.807, 2.05) is 4.90 Å². The molecule has 6 nitrogen and oxygen atoms in total. The number of carbonyl (C=O) groups is 2. The first kappa shape index (κ1) is 25.1. The lowest BCUT2D eigenvalue weighted by atomic mass is 9.71. The lowest BCUT2D eigenvalue weighted by molar-refractivity contribution is -0.136. The van der Waals surface area contributed by atoms with Gasteiger partial charge in [0.2, 0.25) is 0 Å². The van der Waals surface area contributed by atoms with Gasteiger partial charge in [0, 0.05) is 42.2 Å². The van der Waals surface area contributed by atoms with Crippen LogP contribution in [0.5, 0.6) is 5.75 Å². The SMILES string of the molecule is CC1(C)Cc2cccc(CN3CCC4(CC3)CCN(C(=O)c3ccc(Cl)cc3CC(=O)O)CC4)c2O1. The third kappa shape index (κ3) is 5.25. The number of carboxylic acids is 1. The fourth-order valence-electron chi connectivity index (χ4n) is 6.16. The summed E-state index contributed by atoms with van der Waals surface area (Å²) < 4.78 is 6.28. The maximum Gasteiger partial charge on any atom is 0.307 e. The molecular weight excluding hydrogens is 476 g/mol. The maximum absolute atomic E-state index is 13.2. The summed E-state index contributed by atoms with van der Waals surface area (Å²) in [6.07, 6.45) is 5.02. The molecule has 1 spiro atoms. The summed E-state index contributed by atoms with van der Waals surface area (Å²) >= 11 is 6.06. The lowest BCUT2D eigenvalue weighted by Crippen LogP contribution is -2.48. The highest BCUT2D eigenvalue weighted by atomic mass is 35.5. The van der Waals surface area contributed by atoms with E-state index in [1.165, 1.54) is 11.1 Å². The van der Waals surface area contributed by atoms with Crippen LogP contribution in [0.2, 0.25) is 5.02 Å². The van der Waals surface area contributed by atoms with Crippen LogP contribution in [-0.2, 0) is 24.2 Å². The van der Waals surface area contributed by atoms with Crippen molar-refractivity contribution in [3.63, 3.8) is 0 Å². The van der Waals surface area contributed by atoms with Crippen molar-refractivity contribution in [2.75, 3.05) is 26.2 Å². The highest BCUT2D eigenvalue weighted by molar-refractivity contribution is 6.30. The normalized spacial score (nSPS) is 20.7. The van der Waals surface area contributed by atoms with Gasteiger partial charge in [-0.1, -0.05) is 29.8 Å². The van der Waals surface area contributed by atoms with E-state index >= 15 is 0 Å². The van der Waals surface area contributed by atoms with Gasteiger partial charge in [-0.15, -0.1) is 0 Å². The van der Waals surface area contributed by atoms with Crippen molar-refractivity contribution in [3.05, 3.63) is 63.7 Å². The Morgan fingerprint density at radius 1 is 1.00 bits per heavy atom. The first-order valence-corrected chi connectivity index (χ1v) is 13.3. The number of aliphatic carboxylic acids is 1. The number of para-hydroxylation sites is 1. The van der Waals surface area contributed by atoms with Gasteiger partial charge in [-0.2, -0.15) is 0 Å². The molecule has 2 fully saturated rings. The molecule has 2 aromatic rings. The van der Waals surface area contributed by atoms with Crippen molar-refractivity contribution in [1.82, 2.24) is 9.80 Å². The zero-order chi connectivity index (χ0) is 25.5. The molecule has 0 radical (unpaired) electrons. The fraction of sp³-hybridized carbons (Fsp3) is 0.517. The molecular formula is C29H35ClN2O4. The number of likely N-dealkylation sites (tertiary alicyclic amines) is 2. The number of hydrogen-bond acceptors (Lipinski definition) is 4. The predicted molar refractivity (Wildman–Crippen MR) is 140 cm³/mol. The van der Waals surface area contributed by atoms with Crippen molar-refractivity contribution in [2.24, 2.45) is 5.41 Å². The van der Waals surface area contributed by atoms with E-state index in [-0.39, 0.29) is 23.3 Å². The molecule has 0 atom stereocenters. The van der Waals surface area contributed by atoms with Gasteiger partial charge in [0.05, 0.1) is 6.42 Å². The largest absolute Gasteiger partial charge is 0.487 e. The topological polar surface area (TPSA) is 70.1 Å². The van der Waals surface area contributed by atoms with Gasteiger partial charge in [0.1, 0.15) is 11.4 Å². The molecule has 3 heterocycles. The highest BCUT2D eigenvalue weighted by Crippen LogP contribution is 2.43. The third-order valence-corrected chi connectivity index (χ3v) is 8.47. The number of amides is 1. The second-order valence-corrected chi connectivity index (χ2v) is 11.8. The smallest absolute Gasteiger partial charge is 0.307 e. The summed E-state index contributed by atoms with van der Waals surface area (Å²) in [7, 11) is 0. The van der Waals surface area contributed by atoms with Crippen LogP contribution in [0.1, 0.15) is 66.6 Å². The molecule has 2 aromatic carbocycles. The maximum atomic E-state index is 13.2. The van der Waals surface area contributed by atoms with Crippen LogP contribution in [0.3, 0.4) is 0 Å². The van der Waals surface area contributed by atoms with E-state index in [2.05, 4.69) is 36.9 Å². The van der Waals surface area contributed by atoms with Gasteiger partial charge in [-0.3, -0.25) is 14.5 Å². The molecule has 3 aliphatic heterocycles. The minimum absolute atomic E-state index is 0.0870. The van der Waals surface area contributed by atoms with Gasteiger partial charge in [-0.25, -0.2) is 0 Å². The Bertz CT molecular complexity index is 1160. The molecule has 1 amide bonds. The van der Waals surface area contributed by atoms with Crippen LogP contribution < -0.4 is 4.74 Å². The van der Waals surface area contributed by atoms with Crippen LogP contribution in [0.4, 0.5) is 0 Å². The van der Waals surface area contributed by atoms with Gasteiger partial charge in [0.15, 0.2) is 0 Å². The lowest BCUT2D eigenvalue weighted by Gasteiger charge is -2.47. The van der Waals surface area contributed by atoms with Gasteiger partial charge >= 0.3 is 5.97 Å². The zero-order valence-electron chi connectivity index (χ0n) is 21.2. The molecule has 0 bridgehead atoms. The van der Waals surface area contributed by atoms with E-state index in [0.717, 1.165) is 57.5 Å². The van der Waals surface area contributed by atoms with Gasteiger partial charge in [0.25, 0.3) is 5.91 Å². The van der Waals surface area contributed by atoms with Crippen molar-refractivity contribution in [2.45, 2.75) is 64.5 Å². The molecule has 0 saturated carbocycles. The molecule has 1 N–H and O–H groups in total. The first-order valence-electron chi connectivity index (χ1n) is 12.9. The number of halogens is 1. The van der Waals surface area contributed by atoms with Gasteiger partial charge in [-0.05, 0) is 87.4 Å². The molecule has 0 aromatic heterocycles. The monoisotopic (exact) mass is 510 g/mol. The Balaban J connectivity index is 1.17. The summed E-state index contributed by atoms with van der Waals surface area (Å²) in [5.41, 5.74) is 3.69. The Kier molecular flexibility index (Phi) is 6.77. The number of fused-ring (bicyclic) bond motifs is 1. The zero-order valence-corrected chi connectivity index (χ0v) is 21.9. The Morgan fingerprint density at radius 3 is 2.39 bits per heavy atom. The number of benzene rings is 2. The minimum atomic E-state index is -0.966. The predicted octanol–water partition coefficient (Wildman–Crippen LogP) is 5.20. The first-order chi connectivity index (χ1) is 17.1. The molecule has 192 valence electrons. The second kappa shape index (κ2) is 9.71. The number of ether oxygens (including phenoxy) is 1. The molecule has 0 unspecified atom stereocenters. The van der Waals surface area contributed by atoms with E-state index in [9.17, 15) is 14.7 Å². The van der Waals surface area contributed by atoms with Crippen LogP contribution >= 0.6 is 11.6 Å². The third-order valence-electron chi connectivity index (χ3n) is 8.23. The molecule has 2 saturated heterocycles. The molecule has 7 heteroatoms. The Labute approximate surface area is 218 Å². The number of rotatable bonds is 5. The summed E-state index contributed by atoms with van der Waals surface area (Å²) in [6.45, 7) is 8.76. The summed E-state index contributed by atoms with van der Waals surface area (Å²) in [6, 6.07) is 11.5. The van der Waals surface area contributed by atoms with E-state index < -0.39 is 5.97 Å². The van der Waals surface area contributed by atoms with Crippen LogP contribution in [-0.4, -0.2) is 58.6 Å². The Morgan fingerprint density at radius 2 is 1.69 bits per heavy atom. The highest BCUT2D eigenvalue weighted by Gasteiger charge is 2.39. The summed E-state index contributed by atoms with van der Waals surface area (Å²) in [5.74, 6) is 0.0292.